The van der Waals surface area contributed by atoms with E-state index < -0.39 is 0 Å². The lowest BCUT2D eigenvalue weighted by Crippen LogP contribution is -2.37. The molecule has 0 atom stereocenters. The van der Waals surface area contributed by atoms with Gasteiger partial charge in [-0.1, -0.05) is 18.2 Å². The molecule has 5 heteroatoms. The molecule has 0 saturated carbocycles. The lowest BCUT2D eigenvalue weighted by atomic mass is 10.1. The van der Waals surface area contributed by atoms with Crippen LogP contribution < -0.4 is 5.32 Å². The molecule has 2 heterocycles. The topological polar surface area (TPSA) is 54.5 Å². The van der Waals surface area contributed by atoms with Gasteiger partial charge in [0.05, 0.1) is 18.9 Å². The Morgan fingerprint density at radius 2 is 1.96 bits per heavy atom. The van der Waals surface area contributed by atoms with Gasteiger partial charge < -0.3 is 10.1 Å². The number of morpholine rings is 1. The van der Waals surface area contributed by atoms with Crippen molar-refractivity contribution in [2.45, 2.75) is 6.42 Å². The zero-order valence-corrected chi connectivity index (χ0v) is 14.2. The minimum atomic E-state index is -0.160. The molecule has 0 radical (unpaired) electrons. The Hall–Kier alpha value is -2.50. The molecule has 0 bridgehead atoms. The van der Waals surface area contributed by atoms with Crippen molar-refractivity contribution in [3.05, 3.63) is 66.0 Å². The van der Waals surface area contributed by atoms with Gasteiger partial charge in [-0.3, -0.25) is 14.7 Å². The van der Waals surface area contributed by atoms with E-state index in [2.05, 4.69) is 27.3 Å². The average molecular weight is 337 g/mol. The highest BCUT2D eigenvalue weighted by Crippen LogP contribution is 2.11. The number of nitrogens with one attached hydrogen (secondary N) is 1. The fourth-order valence-corrected chi connectivity index (χ4v) is 2.69. The molecule has 0 spiro atoms. The first-order chi connectivity index (χ1) is 12.3. The van der Waals surface area contributed by atoms with Crippen molar-refractivity contribution in [3.63, 3.8) is 0 Å². The van der Waals surface area contributed by atoms with E-state index in [1.54, 1.807) is 12.3 Å². The largest absolute Gasteiger partial charge is 0.379 e. The maximum atomic E-state index is 12.0. The van der Waals surface area contributed by atoms with Crippen LogP contribution >= 0.6 is 0 Å². The Kier molecular flexibility index (Phi) is 6.31. The fourth-order valence-electron chi connectivity index (χ4n) is 2.69. The van der Waals surface area contributed by atoms with Crippen LogP contribution in [-0.2, 0) is 16.0 Å². The summed E-state index contributed by atoms with van der Waals surface area (Å²) in [5.41, 5.74) is 2.83. The third kappa shape index (κ3) is 5.81. The van der Waals surface area contributed by atoms with Crippen LogP contribution in [-0.4, -0.2) is 48.6 Å². The summed E-state index contributed by atoms with van der Waals surface area (Å²) in [7, 11) is 0. The summed E-state index contributed by atoms with van der Waals surface area (Å²) in [6, 6.07) is 13.6. The van der Waals surface area contributed by atoms with Crippen LogP contribution in [0.15, 0.2) is 54.7 Å². The molecule has 5 nitrogen and oxygen atoms in total. The van der Waals surface area contributed by atoms with E-state index in [0.29, 0.717) is 0 Å². The monoisotopic (exact) mass is 337 g/mol. The number of pyridine rings is 1. The zero-order valence-electron chi connectivity index (χ0n) is 14.2. The van der Waals surface area contributed by atoms with Gasteiger partial charge in [-0.15, -0.1) is 0 Å². The molecule has 1 N–H and O–H groups in total. The number of carbonyl (C=O) groups is 1. The van der Waals surface area contributed by atoms with E-state index in [1.807, 2.05) is 30.3 Å². The maximum Gasteiger partial charge on any atom is 0.248 e. The summed E-state index contributed by atoms with van der Waals surface area (Å²) in [5.74, 6) is -0.160. The van der Waals surface area contributed by atoms with Crippen LogP contribution in [0.4, 0.5) is 5.69 Å². The van der Waals surface area contributed by atoms with Crippen molar-refractivity contribution in [2.75, 3.05) is 38.2 Å². The Morgan fingerprint density at radius 3 is 2.68 bits per heavy atom. The molecule has 1 amide bonds. The first-order valence-electron chi connectivity index (χ1n) is 8.59. The summed E-state index contributed by atoms with van der Waals surface area (Å²) < 4.78 is 5.36. The Balaban J connectivity index is 1.46. The minimum Gasteiger partial charge on any atom is -0.379 e. The summed E-state index contributed by atoms with van der Waals surface area (Å²) in [6.45, 7) is 4.73. The minimum absolute atomic E-state index is 0.160. The first kappa shape index (κ1) is 17.3. The van der Waals surface area contributed by atoms with E-state index >= 15 is 0 Å². The second-order valence-electron chi connectivity index (χ2n) is 5.98. The highest BCUT2D eigenvalue weighted by Gasteiger charge is 2.09. The zero-order chi connectivity index (χ0) is 17.3. The fraction of sp³-hybridized carbons (Fsp3) is 0.300. The van der Waals surface area contributed by atoms with E-state index in [4.69, 9.17) is 4.74 Å². The molecule has 25 heavy (non-hydrogen) atoms. The van der Waals surface area contributed by atoms with Crippen LogP contribution in [0.3, 0.4) is 0 Å². The Bertz CT molecular complexity index is 693. The van der Waals surface area contributed by atoms with Crippen molar-refractivity contribution < 1.29 is 9.53 Å². The molecular formula is C20H23N3O2. The molecule has 0 unspecified atom stereocenters. The van der Waals surface area contributed by atoms with Gasteiger partial charge in [-0.25, -0.2) is 0 Å². The lowest BCUT2D eigenvalue weighted by molar-refractivity contribution is -0.111. The normalized spacial score (nSPS) is 15.4. The molecular weight excluding hydrogens is 314 g/mol. The van der Waals surface area contributed by atoms with Gasteiger partial charge in [-0.2, -0.15) is 0 Å². The summed E-state index contributed by atoms with van der Waals surface area (Å²) >= 11 is 0. The third-order valence-electron chi connectivity index (χ3n) is 4.14. The van der Waals surface area contributed by atoms with Crippen LogP contribution in [0.1, 0.15) is 11.3 Å². The highest BCUT2D eigenvalue weighted by molar-refractivity contribution is 6.01. The number of amides is 1. The summed E-state index contributed by atoms with van der Waals surface area (Å²) in [4.78, 5) is 18.5. The van der Waals surface area contributed by atoms with Gasteiger partial charge in [0.25, 0.3) is 0 Å². The smallest absolute Gasteiger partial charge is 0.248 e. The van der Waals surface area contributed by atoms with Gasteiger partial charge in [0.1, 0.15) is 0 Å². The molecule has 1 aromatic heterocycles. The number of benzene rings is 1. The van der Waals surface area contributed by atoms with E-state index in [-0.39, 0.29) is 5.91 Å². The summed E-state index contributed by atoms with van der Waals surface area (Å²) in [5, 5.41) is 2.86. The van der Waals surface area contributed by atoms with Gasteiger partial charge >= 0.3 is 0 Å². The van der Waals surface area contributed by atoms with Crippen LogP contribution in [0.25, 0.3) is 6.08 Å². The SMILES string of the molecule is O=C(/C=C/c1ccccn1)Nc1ccc(CCN2CCOCC2)cc1. The van der Waals surface area contributed by atoms with E-state index in [9.17, 15) is 4.79 Å². The molecule has 0 aliphatic carbocycles. The molecule has 1 aliphatic heterocycles. The summed E-state index contributed by atoms with van der Waals surface area (Å²) in [6.07, 6.45) is 5.90. The quantitative estimate of drug-likeness (QED) is 0.823. The number of rotatable bonds is 6. The molecule has 130 valence electrons. The number of aromatic nitrogens is 1. The third-order valence-corrected chi connectivity index (χ3v) is 4.14. The van der Waals surface area contributed by atoms with Crippen LogP contribution in [0.2, 0.25) is 0 Å². The van der Waals surface area contributed by atoms with Gasteiger partial charge in [0.15, 0.2) is 0 Å². The van der Waals surface area contributed by atoms with Crippen molar-refractivity contribution in [1.29, 1.82) is 0 Å². The Morgan fingerprint density at radius 1 is 1.16 bits per heavy atom. The molecule has 1 aromatic carbocycles. The van der Waals surface area contributed by atoms with Crippen LogP contribution in [0.5, 0.6) is 0 Å². The predicted octanol–water partition coefficient (Wildman–Crippen LogP) is 2.61. The number of hydrogen-bond acceptors (Lipinski definition) is 4. The van der Waals surface area contributed by atoms with Crippen molar-refractivity contribution in [1.82, 2.24) is 9.88 Å². The van der Waals surface area contributed by atoms with Gasteiger partial charge in [0, 0.05) is 37.6 Å². The van der Waals surface area contributed by atoms with Crippen molar-refractivity contribution in [3.8, 4) is 0 Å². The number of ether oxygens (including phenoxy) is 1. The first-order valence-corrected chi connectivity index (χ1v) is 8.59. The molecule has 1 saturated heterocycles. The predicted molar refractivity (Wildman–Crippen MR) is 99.3 cm³/mol. The highest BCUT2D eigenvalue weighted by atomic mass is 16.5. The molecule has 3 rings (SSSR count). The van der Waals surface area contributed by atoms with Gasteiger partial charge in [0.2, 0.25) is 5.91 Å². The molecule has 1 fully saturated rings. The Labute approximate surface area is 148 Å². The molecule has 1 aliphatic rings. The van der Waals surface area contributed by atoms with Crippen molar-refractivity contribution >= 4 is 17.7 Å². The van der Waals surface area contributed by atoms with E-state index in [1.165, 1.54) is 11.6 Å². The number of hydrogen-bond donors (Lipinski definition) is 1. The molecule has 2 aromatic rings. The second kappa shape index (κ2) is 9.11. The van der Waals surface area contributed by atoms with E-state index in [0.717, 1.165) is 50.7 Å². The second-order valence-corrected chi connectivity index (χ2v) is 5.98. The maximum absolute atomic E-state index is 12.0. The number of carbonyl (C=O) groups excluding carboxylic acids is 1. The number of anilines is 1. The van der Waals surface area contributed by atoms with Gasteiger partial charge in [-0.05, 0) is 42.3 Å². The van der Waals surface area contributed by atoms with Crippen molar-refractivity contribution in [2.24, 2.45) is 0 Å². The lowest BCUT2D eigenvalue weighted by Gasteiger charge is -2.26. The average Bonchev–Trinajstić information content (AvgIpc) is 2.67. The van der Waals surface area contributed by atoms with Crippen LogP contribution in [0, 0.1) is 0 Å². The number of nitrogens with zero attached hydrogens (tertiary/aromatic N) is 2. The standard InChI is InChI=1S/C20H23N3O2/c24-20(9-8-18-3-1-2-11-21-18)22-19-6-4-17(5-7-19)10-12-23-13-15-25-16-14-23/h1-9,11H,10,12-16H2,(H,22,24)/b9-8+.